The Balaban J connectivity index is 2.94. The molecule has 2 rings (SSSR count). The predicted octanol–water partition coefficient (Wildman–Crippen LogP) is 3.36. The van der Waals surface area contributed by atoms with Gasteiger partial charge in [-0.2, -0.15) is 0 Å². The first-order chi connectivity index (χ1) is 8.02. The Bertz CT molecular complexity index is 588. The molecule has 0 radical (unpaired) electrons. The molecule has 2 aromatic rings. The molecular formula is C14H15NO2. The highest BCUT2D eigenvalue weighted by Crippen LogP contribution is 2.28. The number of hydrogen-bond acceptors (Lipinski definition) is 2. The van der Waals surface area contributed by atoms with Crippen molar-refractivity contribution in [2.24, 2.45) is 0 Å². The molecule has 0 aliphatic carbocycles. The number of aryl methyl sites for hydroxylation is 1. The van der Waals surface area contributed by atoms with E-state index in [2.05, 4.69) is 4.98 Å². The van der Waals surface area contributed by atoms with Gasteiger partial charge in [-0.3, -0.25) is 4.98 Å². The third-order valence-electron chi connectivity index (χ3n) is 2.91. The van der Waals surface area contributed by atoms with Gasteiger partial charge in [-0.05, 0) is 24.5 Å². The van der Waals surface area contributed by atoms with E-state index in [0.717, 1.165) is 16.8 Å². The van der Waals surface area contributed by atoms with Crippen molar-refractivity contribution in [3.63, 3.8) is 0 Å². The SMILES string of the molecule is Cc1nc2ccccc2c(C(=O)O)c1C(C)C. The summed E-state index contributed by atoms with van der Waals surface area (Å²) in [5.41, 5.74) is 2.77. The molecule has 17 heavy (non-hydrogen) atoms. The van der Waals surface area contributed by atoms with Crippen molar-refractivity contribution < 1.29 is 9.90 Å². The minimum Gasteiger partial charge on any atom is -0.478 e. The van der Waals surface area contributed by atoms with E-state index in [1.807, 2.05) is 45.0 Å². The predicted molar refractivity (Wildman–Crippen MR) is 67.5 cm³/mol. The van der Waals surface area contributed by atoms with Gasteiger partial charge in [0.2, 0.25) is 0 Å². The zero-order valence-electron chi connectivity index (χ0n) is 10.2. The number of pyridine rings is 1. The zero-order chi connectivity index (χ0) is 12.6. The van der Waals surface area contributed by atoms with Crippen LogP contribution in [0.25, 0.3) is 10.9 Å². The summed E-state index contributed by atoms with van der Waals surface area (Å²) in [7, 11) is 0. The molecule has 0 fully saturated rings. The molecule has 0 saturated carbocycles. The summed E-state index contributed by atoms with van der Waals surface area (Å²) in [4.78, 5) is 15.9. The first-order valence-electron chi connectivity index (χ1n) is 5.65. The number of fused-ring (bicyclic) bond motifs is 1. The Morgan fingerprint density at radius 3 is 2.53 bits per heavy atom. The van der Waals surface area contributed by atoms with Gasteiger partial charge in [0.25, 0.3) is 0 Å². The lowest BCUT2D eigenvalue weighted by atomic mass is 9.93. The van der Waals surface area contributed by atoms with Crippen LogP contribution in [0.2, 0.25) is 0 Å². The van der Waals surface area contributed by atoms with Crippen LogP contribution in [-0.2, 0) is 0 Å². The van der Waals surface area contributed by atoms with E-state index in [-0.39, 0.29) is 5.92 Å². The molecule has 1 N–H and O–H groups in total. The fourth-order valence-electron chi connectivity index (χ4n) is 2.29. The Morgan fingerprint density at radius 2 is 1.94 bits per heavy atom. The molecule has 3 heteroatoms. The van der Waals surface area contributed by atoms with Crippen LogP contribution in [0.3, 0.4) is 0 Å². The average Bonchev–Trinajstić information content (AvgIpc) is 2.26. The summed E-state index contributed by atoms with van der Waals surface area (Å²) in [5, 5.41) is 10.1. The number of aromatic nitrogens is 1. The number of rotatable bonds is 2. The fourth-order valence-corrected chi connectivity index (χ4v) is 2.29. The standard InChI is InChI=1S/C14H15NO2/c1-8(2)12-9(3)15-11-7-5-4-6-10(11)13(12)14(16)17/h4-8H,1-3H3,(H,16,17). The second-order valence-electron chi connectivity index (χ2n) is 4.46. The maximum absolute atomic E-state index is 11.5. The van der Waals surface area contributed by atoms with E-state index >= 15 is 0 Å². The average molecular weight is 229 g/mol. The topological polar surface area (TPSA) is 50.2 Å². The molecule has 0 aliphatic rings. The van der Waals surface area contributed by atoms with Crippen molar-refractivity contribution in [3.05, 3.63) is 41.1 Å². The first-order valence-corrected chi connectivity index (χ1v) is 5.65. The summed E-state index contributed by atoms with van der Waals surface area (Å²) in [6.07, 6.45) is 0. The van der Waals surface area contributed by atoms with E-state index in [4.69, 9.17) is 0 Å². The zero-order valence-corrected chi connectivity index (χ0v) is 10.2. The molecule has 0 spiro atoms. The molecule has 0 atom stereocenters. The molecule has 0 saturated heterocycles. The number of carbonyl (C=O) groups is 1. The highest BCUT2D eigenvalue weighted by Gasteiger charge is 2.19. The molecule has 0 aliphatic heterocycles. The molecule has 0 amide bonds. The van der Waals surface area contributed by atoms with Gasteiger partial charge in [0.15, 0.2) is 0 Å². The van der Waals surface area contributed by atoms with Crippen molar-refractivity contribution >= 4 is 16.9 Å². The minimum atomic E-state index is -0.879. The Hall–Kier alpha value is -1.90. The van der Waals surface area contributed by atoms with Gasteiger partial charge < -0.3 is 5.11 Å². The minimum absolute atomic E-state index is 0.151. The second kappa shape index (κ2) is 4.17. The molecular weight excluding hydrogens is 214 g/mol. The van der Waals surface area contributed by atoms with Crippen LogP contribution in [0.15, 0.2) is 24.3 Å². The maximum atomic E-state index is 11.5. The lowest BCUT2D eigenvalue weighted by Gasteiger charge is -2.15. The summed E-state index contributed by atoms with van der Waals surface area (Å²) < 4.78 is 0. The molecule has 1 aromatic carbocycles. The van der Waals surface area contributed by atoms with Gasteiger partial charge >= 0.3 is 5.97 Å². The van der Waals surface area contributed by atoms with Gasteiger partial charge in [-0.1, -0.05) is 32.0 Å². The third kappa shape index (κ3) is 1.88. The number of hydrogen-bond donors (Lipinski definition) is 1. The van der Waals surface area contributed by atoms with E-state index in [1.54, 1.807) is 0 Å². The fraction of sp³-hybridized carbons (Fsp3) is 0.286. The van der Waals surface area contributed by atoms with Gasteiger partial charge in [0.1, 0.15) is 0 Å². The number of carboxylic acids is 1. The van der Waals surface area contributed by atoms with Crippen LogP contribution in [0, 0.1) is 6.92 Å². The molecule has 1 aromatic heterocycles. The quantitative estimate of drug-likeness (QED) is 0.859. The van der Waals surface area contributed by atoms with Crippen molar-refractivity contribution in [1.29, 1.82) is 0 Å². The van der Waals surface area contributed by atoms with Gasteiger partial charge in [-0.25, -0.2) is 4.79 Å². The molecule has 88 valence electrons. The van der Waals surface area contributed by atoms with Crippen LogP contribution in [-0.4, -0.2) is 16.1 Å². The smallest absolute Gasteiger partial charge is 0.336 e. The highest BCUT2D eigenvalue weighted by atomic mass is 16.4. The summed E-state index contributed by atoms with van der Waals surface area (Å²) in [6.45, 7) is 5.85. The largest absolute Gasteiger partial charge is 0.478 e. The summed E-state index contributed by atoms with van der Waals surface area (Å²) in [5.74, 6) is -0.728. The monoisotopic (exact) mass is 229 g/mol. The van der Waals surface area contributed by atoms with Crippen LogP contribution in [0.5, 0.6) is 0 Å². The van der Waals surface area contributed by atoms with Crippen LogP contribution in [0.4, 0.5) is 0 Å². The number of aromatic carboxylic acids is 1. The second-order valence-corrected chi connectivity index (χ2v) is 4.46. The Morgan fingerprint density at radius 1 is 1.29 bits per heavy atom. The van der Waals surface area contributed by atoms with Crippen molar-refractivity contribution in [2.75, 3.05) is 0 Å². The maximum Gasteiger partial charge on any atom is 0.336 e. The van der Waals surface area contributed by atoms with Gasteiger partial charge in [0, 0.05) is 11.1 Å². The van der Waals surface area contributed by atoms with E-state index in [9.17, 15) is 9.90 Å². The number of benzene rings is 1. The van der Waals surface area contributed by atoms with Crippen LogP contribution < -0.4 is 0 Å². The van der Waals surface area contributed by atoms with Crippen molar-refractivity contribution in [1.82, 2.24) is 4.98 Å². The highest BCUT2D eigenvalue weighted by molar-refractivity contribution is 6.04. The third-order valence-corrected chi connectivity index (χ3v) is 2.91. The normalized spacial score (nSPS) is 11.1. The number of nitrogens with zero attached hydrogens (tertiary/aromatic N) is 1. The Labute approximate surface area is 100 Å². The Kier molecular flexibility index (Phi) is 2.84. The molecule has 0 bridgehead atoms. The van der Waals surface area contributed by atoms with Crippen LogP contribution >= 0.6 is 0 Å². The van der Waals surface area contributed by atoms with E-state index in [1.165, 1.54) is 0 Å². The summed E-state index contributed by atoms with van der Waals surface area (Å²) in [6, 6.07) is 7.38. The lowest BCUT2D eigenvalue weighted by molar-refractivity contribution is 0.0697. The summed E-state index contributed by atoms with van der Waals surface area (Å²) >= 11 is 0. The lowest BCUT2D eigenvalue weighted by Crippen LogP contribution is -2.09. The molecule has 0 unspecified atom stereocenters. The van der Waals surface area contributed by atoms with E-state index < -0.39 is 5.97 Å². The van der Waals surface area contributed by atoms with Crippen LogP contribution in [0.1, 0.15) is 41.4 Å². The number of carboxylic acid groups (broad SMARTS) is 1. The van der Waals surface area contributed by atoms with Gasteiger partial charge in [-0.15, -0.1) is 0 Å². The van der Waals surface area contributed by atoms with E-state index in [0.29, 0.717) is 10.9 Å². The number of para-hydroxylation sites is 1. The first kappa shape index (κ1) is 11.6. The van der Waals surface area contributed by atoms with Crippen molar-refractivity contribution in [3.8, 4) is 0 Å². The van der Waals surface area contributed by atoms with Crippen molar-refractivity contribution in [2.45, 2.75) is 26.7 Å². The molecule has 1 heterocycles. The molecule has 3 nitrogen and oxygen atoms in total. The van der Waals surface area contributed by atoms with Gasteiger partial charge in [0.05, 0.1) is 11.1 Å².